The Morgan fingerprint density at radius 3 is 2.86 bits per heavy atom. The van der Waals surface area contributed by atoms with Gasteiger partial charge in [-0.3, -0.25) is 4.68 Å². The van der Waals surface area contributed by atoms with Gasteiger partial charge in [-0.05, 0) is 13.3 Å². The van der Waals surface area contributed by atoms with Gasteiger partial charge in [0.25, 0.3) is 0 Å². The minimum Gasteiger partial charge on any atom is -0.462 e. The topological polar surface area (TPSA) is 65.4 Å². The lowest BCUT2D eigenvalue weighted by Gasteiger charge is -2.51. The van der Waals surface area contributed by atoms with Crippen LogP contribution in [0, 0.1) is 5.41 Å². The molecular weight excluding hydrogens is 270 g/mol. The number of nitrogens with zero attached hydrogens (tertiary/aromatic N) is 2. The van der Waals surface area contributed by atoms with Crippen LogP contribution >= 0.6 is 0 Å². The van der Waals surface area contributed by atoms with Crippen LogP contribution in [0.5, 0.6) is 0 Å². The molecule has 1 fully saturated rings. The lowest BCUT2D eigenvalue weighted by Crippen LogP contribution is -2.60. The number of esters is 1. The first kappa shape index (κ1) is 16.0. The molecule has 118 valence electrons. The van der Waals surface area contributed by atoms with Crippen molar-refractivity contribution in [2.45, 2.75) is 45.9 Å². The second kappa shape index (κ2) is 6.15. The standard InChI is InChI=1S/C15H25N3O3/c1-6-21-14(19)10-8-17-18(4)11(10)9-16-12-7-13(20-5)15(12,2)3/h8,12-13,16H,6-7,9H2,1-5H3. The highest BCUT2D eigenvalue weighted by Crippen LogP contribution is 2.42. The summed E-state index contributed by atoms with van der Waals surface area (Å²) in [5.41, 5.74) is 1.48. The van der Waals surface area contributed by atoms with Gasteiger partial charge < -0.3 is 14.8 Å². The molecule has 2 unspecified atom stereocenters. The van der Waals surface area contributed by atoms with Crippen LogP contribution in [0.25, 0.3) is 0 Å². The predicted molar refractivity (Wildman–Crippen MR) is 79.0 cm³/mol. The number of carbonyl (C=O) groups excluding carboxylic acids is 1. The molecule has 21 heavy (non-hydrogen) atoms. The number of nitrogens with one attached hydrogen (secondary N) is 1. The number of ether oxygens (including phenoxy) is 2. The van der Waals surface area contributed by atoms with Crippen molar-refractivity contribution in [2.24, 2.45) is 12.5 Å². The minimum atomic E-state index is -0.315. The van der Waals surface area contributed by atoms with Crippen molar-refractivity contribution >= 4 is 5.97 Å². The summed E-state index contributed by atoms with van der Waals surface area (Å²) < 4.78 is 12.2. The van der Waals surface area contributed by atoms with Crippen molar-refractivity contribution in [3.05, 3.63) is 17.5 Å². The Hall–Kier alpha value is -1.40. The summed E-state index contributed by atoms with van der Waals surface area (Å²) in [4.78, 5) is 11.9. The van der Waals surface area contributed by atoms with Crippen molar-refractivity contribution in [3.63, 3.8) is 0 Å². The number of aromatic nitrogens is 2. The molecule has 1 N–H and O–H groups in total. The summed E-state index contributed by atoms with van der Waals surface area (Å²) in [6.45, 7) is 7.14. The van der Waals surface area contributed by atoms with Crippen LogP contribution in [0.3, 0.4) is 0 Å². The minimum absolute atomic E-state index is 0.0947. The van der Waals surface area contributed by atoms with E-state index in [1.165, 1.54) is 0 Å². The predicted octanol–water partition coefficient (Wildman–Crippen LogP) is 1.50. The molecule has 1 aliphatic carbocycles. The molecule has 1 aromatic rings. The zero-order valence-corrected chi connectivity index (χ0v) is 13.5. The van der Waals surface area contributed by atoms with Crippen molar-refractivity contribution in [2.75, 3.05) is 13.7 Å². The van der Waals surface area contributed by atoms with Gasteiger partial charge >= 0.3 is 5.97 Å². The second-order valence-corrected chi connectivity index (χ2v) is 6.06. The summed E-state index contributed by atoms with van der Waals surface area (Å²) in [7, 11) is 3.59. The number of aryl methyl sites for hydroxylation is 1. The summed E-state index contributed by atoms with van der Waals surface area (Å²) >= 11 is 0. The zero-order valence-electron chi connectivity index (χ0n) is 13.5. The Morgan fingerprint density at radius 2 is 2.29 bits per heavy atom. The van der Waals surface area contributed by atoms with E-state index in [-0.39, 0.29) is 17.5 Å². The first-order valence-corrected chi connectivity index (χ1v) is 7.36. The number of carbonyl (C=O) groups is 1. The SMILES string of the molecule is CCOC(=O)c1cnn(C)c1CNC1CC(OC)C1(C)C. The molecule has 1 heterocycles. The van der Waals surface area contributed by atoms with Crippen LogP contribution < -0.4 is 5.32 Å². The molecule has 2 rings (SSSR count). The normalized spacial score (nSPS) is 23.7. The zero-order chi connectivity index (χ0) is 15.6. The average molecular weight is 295 g/mol. The molecule has 1 aliphatic rings. The van der Waals surface area contributed by atoms with Gasteiger partial charge in [-0.1, -0.05) is 13.8 Å². The fourth-order valence-electron chi connectivity index (χ4n) is 2.90. The molecular formula is C15H25N3O3. The van der Waals surface area contributed by atoms with Gasteiger partial charge in [-0.25, -0.2) is 4.79 Å². The molecule has 0 saturated heterocycles. The van der Waals surface area contributed by atoms with Crippen LogP contribution in [0.1, 0.15) is 43.2 Å². The van der Waals surface area contributed by atoms with Crippen molar-refractivity contribution in [1.29, 1.82) is 0 Å². The lowest BCUT2D eigenvalue weighted by atomic mass is 9.64. The Morgan fingerprint density at radius 1 is 1.57 bits per heavy atom. The second-order valence-electron chi connectivity index (χ2n) is 6.06. The Labute approximate surface area is 125 Å². The first-order chi connectivity index (χ1) is 9.91. The van der Waals surface area contributed by atoms with Crippen LogP contribution in [0.4, 0.5) is 0 Å². The van der Waals surface area contributed by atoms with E-state index in [2.05, 4.69) is 24.3 Å². The molecule has 0 radical (unpaired) electrons. The maximum absolute atomic E-state index is 11.9. The van der Waals surface area contributed by atoms with E-state index >= 15 is 0 Å². The van der Waals surface area contributed by atoms with E-state index in [0.717, 1.165) is 12.1 Å². The third-order valence-electron chi connectivity index (χ3n) is 4.54. The third kappa shape index (κ3) is 2.96. The van der Waals surface area contributed by atoms with Gasteiger partial charge in [0, 0.05) is 32.2 Å². The average Bonchev–Trinajstić information content (AvgIpc) is 2.79. The maximum Gasteiger partial charge on any atom is 0.341 e. The van der Waals surface area contributed by atoms with Crippen molar-refractivity contribution < 1.29 is 14.3 Å². The number of hydrogen-bond acceptors (Lipinski definition) is 5. The molecule has 1 saturated carbocycles. The molecule has 6 heteroatoms. The lowest BCUT2D eigenvalue weighted by molar-refractivity contribution is -0.0980. The molecule has 0 amide bonds. The third-order valence-corrected chi connectivity index (χ3v) is 4.54. The Kier molecular flexibility index (Phi) is 4.68. The molecule has 0 aromatic carbocycles. The van der Waals surface area contributed by atoms with Crippen molar-refractivity contribution in [3.8, 4) is 0 Å². The molecule has 0 spiro atoms. The van der Waals surface area contributed by atoms with Gasteiger partial charge in [-0.15, -0.1) is 0 Å². The van der Waals surface area contributed by atoms with Crippen LogP contribution in [-0.2, 0) is 23.1 Å². The smallest absolute Gasteiger partial charge is 0.341 e. The largest absolute Gasteiger partial charge is 0.462 e. The first-order valence-electron chi connectivity index (χ1n) is 7.36. The van der Waals surface area contributed by atoms with E-state index in [0.29, 0.717) is 24.8 Å². The maximum atomic E-state index is 11.9. The fraction of sp³-hybridized carbons (Fsp3) is 0.733. The molecule has 6 nitrogen and oxygen atoms in total. The van der Waals surface area contributed by atoms with Gasteiger partial charge in [0.05, 0.1) is 24.6 Å². The van der Waals surface area contributed by atoms with Gasteiger partial charge in [0.15, 0.2) is 0 Å². The summed E-state index contributed by atoms with van der Waals surface area (Å²) in [5, 5.41) is 7.67. The number of rotatable bonds is 6. The monoisotopic (exact) mass is 295 g/mol. The highest BCUT2D eigenvalue weighted by Gasteiger charge is 2.48. The summed E-state index contributed by atoms with van der Waals surface area (Å²) in [6, 6.07) is 0.368. The van der Waals surface area contributed by atoms with E-state index in [4.69, 9.17) is 9.47 Å². The van der Waals surface area contributed by atoms with Gasteiger partial charge in [0.1, 0.15) is 5.56 Å². The summed E-state index contributed by atoms with van der Waals surface area (Å²) in [5.74, 6) is -0.315. The summed E-state index contributed by atoms with van der Waals surface area (Å²) in [6.07, 6.45) is 2.83. The molecule has 0 aliphatic heterocycles. The Bertz CT molecular complexity index is 510. The van der Waals surface area contributed by atoms with E-state index in [1.807, 2.05) is 7.05 Å². The fourth-order valence-corrected chi connectivity index (χ4v) is 2.90. The van der Waals surface area contributed by atoms with E-state index in [9.17, 15) is 4.79 Å². The highest BCUT2D eigenvalue weighted by atomic mass is 16.5. The number of methoxy groups -OCH3 is 1. The van der Waals surface area contributed by atoms with Crippen LogP contribution in [0.15, 0.2) is 6.20 Å². The molecule has 1 aromatic heterocycles. The van der Waals surface area contributed by atoms with Crippen molar-refractivity contribution in [1.82, 2.24) is 15.1 Å². The molecule has 0 bridgehead atoms. The number of hydrogen-bond donors (Lipinski definition) is 1. The van der Waals surface area contributed by atoms with Crippen LogP contribution in [-0.4, -0.2) is 41.6 Å². The van der Waals surface area contributed by atoms with Crippen LogP contribution in [0.2, 0.25) is 0 Å². The van der Waals surface area contributed by atoms with E-state index < -0.39 is 0 Å². The Balaban J connectivity index is 2.01. The van der Waals surface area contributed by atoms with E-state index in [1.54, 1.807) is 24.9 Å². The quantitative estimate of drug-likeness (QED) is 0.806. The van der Waals surface area contributed by atoms with Gasteiger partial charge in [0.2, 0.25) is 0 Å². The van der Waals surface area contributed by atoms with Gasteiger partial charge in [-0.2, -0.15) is 5.10 Å². The highest BCUT2D eigenvalue weighted by molar-refractivity contribution is 5.90. The molecule has 2 atom stereocenters.